The average Bonchev–Trinajstić information content (AvgIpc) is 2.52. The van der Waals surface area contributed by atoms with E-state index < -0.39 is 5.23 Å². The van der Waals surface area contributed by atoms with Crippen molar-refractivity contribution in [3.8, 4) is 0 Å². The topological polar surface area (TPSA) is 119 Å². The van der Waals surface area contributed by atoms with Gasteiger partial charge in [0.15, 0.2) is 5.69 Å². The molecular formula is C15H16N4O3. The van der Waals surface area contributed by atoms with Gasteiger partial charge in [0.05, 0.1) is 11.2 Å². The number of fused-ring (bicyclic) bond motifs is 2. The van der Waals surface area contributed by atoms with Gasteiger partial charge in [0.2, 0.25) is 5.43 Å². The molecule has 7 nitrogen and oxygen atoms in total. The van der Waals surface area contributed by atoms with Crippen molar-refractivity contribution in [2.45, 2.75) is 0 Å². The number of pyridine rings is 1. The fourth-order valence-corrected chi connectivity index (χ4v) is 2.56. The number of aromatic amines is 1. The quantitative estimate of drug-likeness (QED) is 0.354. The molecule has 0 spiro atoms. The first-order chi connectivity index (χ1) is 10.6. The number of aromatic nitrogens is 1. The van der Waals surface area contributed by atoms with E-state index in [9.17, 15) is 15.2 Å². The molecule has 0 saturated heterocycles. The summed E-state index contributed by atoms with van der Waals surface area (Å²) >= 11 is 0. The Bertz CT molecular complexity index is 889. The Kier molecular flexibility index (Phi) is 3.78. The van der Waals surface area contributed by atoms with E-state index >= 15 is 0 Å². The van der Waals surface area contributed by atoms with Gasteiger partial charge in [0, 0.05) is 30.1 Å². The van der Waals surface area contributed by atoms with Crippen LogP contribution in [0.3, 0.4) is 0 Å². The van der Waals surface area contributed by atoms with Gasteiger partial charge in [0.1, 0.15) is 5.39 Å². The molecule has 1 heterocycles. The minimum Gasteiger partial charge on any atom is -0.595 e. The first kappa shape index (κ1) is 14.5. The van der Waals surface area contributed by atoms with Gasteiger partial charge in [-0.1, -0.05) is 12.1 Å². The summed E-state index contributed by atoms with van der Waals surface area (Å²) in [7, 11) is 0. The zero-order chi connectivity index (χ0) is 15.7. The van der Waals surface area contributed by atoms with Crippen molar-refractivity contribution >= 4 is 33.2 Å². The van der Waals surface area contributed by atoms with Gasteiger partial charge in [-0.2, -0.15) is 5.23 Å². The van der Waals surface area contributed by atoms with Crippen LogP contribution in [0, 0.1) is 5.21 Å². The number of H-pyrrole nitrogens is 1. The fourth-order valence-electron chi connectivity index (χ4n) is 2.56. The summed E-state index contributed by atoms with van der Waals surface area (Å²) in [6.45, 7) is 0.955. The van der Waals surface area contributed by atoms with Gasteiger partial charge in [-0.3, -0.25) is 4.79 Å². The molecule has 0 saturated carbocycles. The van der Waals surface area contributed by atoms with Crippen LogP contribution in [0.25, 0.3) is 21.8 Å². The largest absolute Gasteiger partial charge is 0.595 e. The maximum Gasteiger partial charge on any atom is 0.203 e. The third kappa shape index (κ3) is 2.32. The molecule has 22 heavy (non-hydrogen) atoms. The van der Waals surface area contributed by atoms with Crippen molar-refractivity contribution in [2.75, 3.05) is 18.4 Å². The standard InChI is InChI=1S/C15H16N4O3/c16-7-8-17-11-5-6-12(19(21)22)13-14(11)18-10-4-2-1-3-9(10)15(13)20/h1-6,17,19,21H,7-8,16H2,(H,18,20). The molecule has 0 amide bonds. The molecule has 0 aliphatic carbocycles. The maximum atomic E-state index is 12.7. The lowest BCUT2D eigenvalue weighted by atomic mass is 10.1. The van der Waals surface area contributed by atoms with E-state index in [0.29, 0.717) is 35.2 Å². The Morgan fingerprint density at radius 3 is 2.77 bits per heavy atom. The highest BCUT2D eigenvalue weighted by atomic mass is 16.8. The summed E-state index contributed by atoms with van der Waals surface area (Å²) in [6, 6.07) is 10.1. The molecular weight excluding hydrogens is 284 g/mol. The van der Waals surface area contributed by atoms with E-state index in [1.54, 1.807) is 24.3 Å². The van der Waals surface area contributed by atoms with Gasteiger partial charge in [-0.25, -0.2) is 5.21 Å². The SMILES string of the molecule is NCCNc1ccc([NH+]([O-])O)c2c(=O)c3ccccc3[nH]c12. The van der Waals surface area contributed by atoms with Gasteiger partial charge in [0.25, 0.3) is 0 Å². The van der Waals surface area contributed by atoms with E-state index in [1.807, 2.05) is 6.07 Å². The average molecular weight is 300 g/mol. The first-order valence-corrected chi connectivity index (χ1v) is 6.88. The Morgan fingerprint density at radius 2 is 2.05 bits per heavy atom. The highest BCUT2D eigenvalue weighted by molar-refractivity contribution is 6.02. The molecule has 0 bridgehead atoms. The van der Waals surface area contributed by atoms with E-state index in [-0.39, 0.29) is 16.5 Å². The number of anilines is 1. The second kappa shape index (κ2) is 5.74. The lowest BCUT2D eigenvalue weighted by Gasteiger charge is -2.16. The second-order valence-electron chi connectivity index (χ2n) is 4.93. The van der Waals surface area contributed by atoms with E-state index in [0.717, 1.165) is 0 Å². The third-order valence-corrected chi connectivity index (χ3v) is 3.55. The van der Waals surface area contributed by atoms with E-state index in [1.165, 1.54) is 6.07 Å². The van der Waals surface area contributed by atoms with Crippen molar-refractivity contribution in [1.29, 1.82) is 0 Å². The fraction of sp³-hybridized carbons (Fsp3) is 0.133. The highest BCUT2D eigenvalue weighted by Crippen LogP contribution is 2.26. The van der Waals surface area contributed by atoms with Crippen LogP contribution in [0.5, 0.6) is 0 Å². The minimum absolute atomic E-state index is 0.0136. The lowest BCUT2D eigenvalue weighted by molar-refractivity contribution is -0.990. The molecule has 3 aromatic rings. The summed E-state index contributed by atoms with van der Waals surface area (Å²) in [6.07, 6.45) is 0. The molecule has 1 aromatic heterocycles. The summed E-state index contributed by atoms with van der Waals surface area (Å²) in [5.41, 5.74) is 6.99. The molecule has 0 aliphatic rings. The molecule has 114 valence electrons. The summed E-state index contributed by atoms with van der Waals surface area (Å²) in [5, 5.41) is 23.4. The molecule has 3 rings (SSSR count). The second-order valence-corrected chi connectivity index (χ2v) is 4.93. The van der Waals surface area contributed by atoms with Gasteiger partial charge in [-0.15, -0.1) is 0 Å². The van der Waals surface area contributed by atoms with Gasteiger partial charge >= 0.3 is 0 Å². The number of rotatable bonds is 4. The molecule has 0 radical (unpaired) electrons. The molecule has 1 unspecified atom stereocenters. The Labute approximate surface area is 125 Å². The van der Waals surface area contributed by atoms with Crippen LogP contribution < -0.4 is 21.7 Å². The van der Waals surface area contributed by atoms with Crippen LogP contribution in [0.4, 0.5) is 11.4 Å². The lowest BCUT2D eigenvalue weighted by Crippen LogP contribution is -2.99. The van der Waals surface area contributed by atoms with Crippen molar-refractivity contribution < 1.29 is 10.4 Å². The Morgan fingerprint density at radius 1 is 1.27 bits per heavy atom. The van der Waals surface area contributed by atoms with Crippen molar-refractivity contribution in [1.82, 2.24) is 4.98 Å². The maximum absolute atomic E-state index is 12.7. The minimum atomic E-state index is -1.13. The Balaban J connectivity index is 2.42. The smallest absolute Gasteiger partial charge is 0.203 e. The predicted octanol–water partition coefficient (Wildman–Crippen LogP) is 0.455. The summed E-state index contributed by atoms with van der Waals surface area (Å²) in [4.78, 5) is 15.9. The molecule has 7 heteroatoms. The number of quaternary nitrogens is 1. The van der Waals surface area contributed by atoms with Gasteiger partial charge in [-0.05, 0) is 18.2 Å². The number of nitrogens with one attached hydrogen (secondary N) is 3. The van der Waals surface area contributed by atoms with Crippen LogP contribution in [0.2, 0.25) is 0 Å². The number of para-hydroxylation sites is 1. The summed E-state index contributed by atoms with van der Waals surface area (Å²) < 4.78 is 0. The molecule has 0 aliphatic heterocycles. The molecule has 6 N–H and O–H groups in total. The number of hydrogen-bond donors (Lipinski definition) is 5. The summed E-state index contributed by atoms with van der Waals surface area (Å²) in [5.74, 6) is 0. The van der Waals surface area contributed by atoms with Crippen LogP contribution in [0.1, 0.15) is 0 Å². The zero-order valence-corrected chi connectivity index (χ0v) is 11.7. The molecule has 1 atom stereocenters. The first-order valence-electron chi connectivity index (χ1n) is 6.88. The van der Waals surface area contributed by atoms with Crippen LogP contribution >= 0.6 is 0 Å². The molecule has 2 aromatic carbocycles. The van der Waals surface area contributed by atoms with Crippen molar-refractivity contribution in [2.24, 2.45) is 5.73 Å². The van der Waals surface area contributed by atoms with Crippen molar-refractivity contribution in [3.63, 3.8) is 0 Å². The number of benzene rings is 2. The van der Waals surface area contributed by atoms with E-state index in [2.05, 4.69) is 10.3 Å². The Hall–Kier alpha value is -2.45. The van der Waals surface area contributed by atoms with Crippen LogP contribution in [0.15, 0.2) is 41.2 Å². The number of nitrogens with two attached hydrogens (primary N) is 1. The highest BCUT2D eigenvalue weighted by Gasteiger charge is 2.16. The van der Waals surface area contributed by atoms with Crippen molar-refractivity contribution in [3.05, 3.63) is 51.8 Å². The van der Waals surface area contributed by atoms with Crippen LogP contribution in [-0.2, 0) is 0 Å². The van der Waals surface area contributed by atoms with E-state index in [4.69, 9.17) is 5.73 Å². The van der Waals surface area contributed by atoms with Gasteiger partial charge < -0.3 is 21.2 Å². The number of hydrogen-bond acceptors (Lipinski definition) is 5. The van der Waals surface area contributed by atoms with Crippen LogP contribution in [-0.4, -0.2) is 23.3 Å². The third-order valence-electron chi connectivity index (χ3n) is 3.55. The normalized spacial score (nSPS) is 12.7. The molecule has 0 fully saturated rings. The zero-order valence-electron chi connectivity index (χ0n) is 11.7. The predicted molar refractivity (Wildman–Crippen MR) is 85.4 cm³/mol. The monoisotopic (exact) mass is 300 g/mol.